The minimum atomic E-state index is -3.58. The molecule has 3 aromatic rings. The molecule has 0 radical (unpaired) electrons. The molecule has 0 saturated heterocycles. The second-order valence-electron chi connectivity index (χ2n) is 4.73. The summed E-state index contributed by atoms with van der Waals surface area (Å²) in [5.41, 5.74) is 1.68. The van der Waals surface area contributed by atoms with Crippen LogP contribution in [0.15, 0.2) is 53.7 Å². The Morgan fingerprint density at radius 2 is 1.59 bits per heavy atom. The largest absolute Gasteiger partial charge is 0.252 e. The van der Waals surface area contributed by atoms with E-state index in [1.165, 1.54) is 6.20 Å². The maximum absolute atomic E-state index is 12.4. The fourth-order valence-corrected chi connectivity index (χ4v) is 3.51. The van der Waals surface area contributed by atoms with E-state index in [1.54, 1.807) is 42.5 Å². The van der Waals surface area contributed by atoms with Crippen LogP contribution in [-0.4, -0.2) is 18.4 Å². The monoisotopic (exact) mass is 352 g/mol. The number of hydrogen-bond acceptors (Lipinski definition) is 4. The molecule has 0 N–H and O–H groups in total. The predicted octanol–water partition coefficient (Wildman–Crippen LogP) is 3.91. The molecule has 0 fully saturated rings. The molecule has 0 aliphatic carbocycles. The Kier molecular flexibility index (Phi) is 4.04. The third-order valence-electron chi connectivity index (χ3n) is 3.07. The molecule has 0 amide bonds. The lowest BCUT2D eigenvalue weighted by atomic mass is 10.2. The molecule has 0 aliphatic heterocycles. The zero-order chi connectivity index (χ0) is 15.7. The number of hydrogen-bond donors (Lipinski definition) is 0. The van der Waals surface area contributed by atoms with Crippen molar-refractivity contribution in [3.63, 3.8) is 0 Å². The maximum Gasteiger partial charge on any atom is 0.201 e. The first-order valence-electron chi connectivity index (χ1n) is 6.33. The summed E-state index contributed by atoms with van der Waals surface area (Å²) in [5, 5.41) is 1.03. The molecule has 22 heavy (non-hydrogen) atoms. The van der Waals surface area contributed by atoms with Crippen molar-refractivity contribution in [1.29, 1.82) is 0 Å². The van der Waals surface area contributed by atoms with Gasteiger partial charge >= 0.3 is 0 Å². The molecular formula is C15H10Cl2N2O2S. The molecule has 0 unspecified atom stereocenters. The summed E-state index contributed by atoms with van der Waals surface area (Å²) >= 11 is 11.7. The molecule has 112 valence electrons. The Morgan fingerprint density at radius 3 is 2.32 bits per heavy atom. The Bertz CT molecular complexity index is 941. The highest BCUT2D eigenvalue weighted by Crippen LogP contribution is 2.20. The van der Waals surface area contributed by atoms with E-state index in [0.29, 0.717) is 26.6 Å². The molecule has 1 heterocycles. The van der Waals surface area contributed by atoms with E-state index in [0.717, 1.165) is 0 Å². The normalized spacial score (nSPS) is 11.7. The van der Waals surface area contributed by atoms with Crippen molar-refractivity contribution >= 4 is 44.1 Å². The van der Waals surface area contributed by atoms with Crippen LogP contribution in [0.4, 0.5) is 0 Å². The predicted molar refractivity (Wildman–Crippen MR) is 86.9 cm³/mol. The van der Waals surface area contributed by atoms with E-state index in [9.17, 15) is 8.42 Å². The van der Waals surface area contributed by atoms with Gasteiger partial charge < -0.3 is 0 Å². The quantitative estimate of drug-likeness (QED) is 0.716. The number of fused-ring (bicyclic) bond motifs is 1. The van der Waals surface area contributed by atoms with Crippen LogP contribution in [0.5, 0.6) is 0 Å². The molecular weight excluding hydrogens is 343 g/mol. The highest BCUT2D eigenvalue weighted by atomic mass is 35.5. The van der Waals surface area contributed by atoms with Crippen molar-refractivity contribution in [2.24, 2.45) is 0 Å². The van der Waals surface area contributed by atoms with Crippen molar-refractivity contribution in [2.75, 3.05) is 0 Å². The minimum Gasteiger partial charge on any atom is -0.252 e. The van der Waals surface area contributed by atoms with Crippen LogP contribution in [0.25, 0.3) is 11.0 Å². The molecule has 7 heteroatoms. The molecule has 0 saturated carbocycles. The third kappa shape index (κ3) is 3.21. The number of aromatic nitrogens is 2. The number of rotatable bonds is 3. The van der Waals surface area contributed by atoms with Crippen molar-refractivity contribution in [3.05, 3.63) is 64.3 Å². The van der Waals surface area contributed by atoms with Crippen molar-refractivity contribution < 1.29 is 8.42 Å². The number of sulfone groups is 1. The van der Waals surface area contributed by atoms with Gasteiger partial charge in [-0.2, -0.15) is 0 Å². The van der Waals surface area contributed by atoms with Crippen molar-refractivity contribution in [3.8, 4) is 0 Å². The van der Waals surface area contributed by atoms with Gasteiger partial charge in [0.25, 0.3) is 0 Å². The second kappa shape index (κ2) is 5.83. The fraction of sp³-hybridized carbons (Fsp3) is 0.0667. The number of halogens is 2. The molecule has 0 bridgehead atoms. The molecule has 2 aromatic carbocycles. The van der Waals surface area contributed by atoms with E-state index in [4.69, 9.17) is 23.2 Å². The lowest BCUT2D eigenvalue weighted by Crippen LogP contribution is -2.08. The molecule has 0 atom stereocenters. The molecule has 0 aliphatic rings. The van der Waals surface area contributed by atoms with Gasteiger partial charge in [0.2, 0.25) is 9.84 Å². The van der Waals surface area contributed by atoms with Crippen molar-refractivity contribution in [1.82, 2.24) is 9.97 Å². The summed E-state index contributed by atoms with van der Waals surface area (Å²) in [6.07, 6.45) is 1.25. The van der Waals surface area contributed by atoms with E-state index in [1.807, 2.05) is 0 Å². The summed E-state index contributed by atoms with van der Waals surface area (Å²) in [4.78, 5) is 8.28. The standard InChI is InChI=1S/C15H10Cl2N2O2S/c16-11-3-1-10(2-4-11)9-22(20,21)15-8-18-14-7-12(17)5-6-13(14)19-15/h1-8H,9H2. The van der Waals surface area contributed by atoms with E-state index >= 15 is 0 Å². The van der Waals surface area contributed by atoms with E-state index in [2.05, 4.69) is 9.97 Å². The summed E-state index contributed by atoms with van der Waals surface area (Å²) in [5.74, 6) is -0.155. The first kappa shape index (κ1) is 15.2. The van der Waals surface area contributed by atoms with Gasteiger partial charge in [0.1, 0.15) is 0 Å². The minimum absolute atomic E-state index is 0.0581. The topological polar surface area (TPSA) is 59.9 Å². The molecule has 1 aromatic heterocycles. The van der Waals surface area contributed by atoms with Gasteiger partial charge in [-0.05, 0) is 35.9 Å². The van der Waals surface area contributed by atoms with Gasteiger partial charge in [0, 0.05) is 10.0 Å². The van der Waals surface area contributed by atoms with Gasteiger partial charge in [-0.25, -0.2) is 13.4 Å². The first-order chi connectivity index (χ1) is 10.4. The molecule has 0 spiro atoms. The Labute approximate surface area is 137 Å². The van der Waals surface area contributed by atoms with Gasteiger partial charge in [-0.3, -0.25) is 4.98 Å². The number of benzene rings is 2. The summed E-state index contributed by atoms with van der Waals surface area (Å²) < 4.78 is 24.9. The fourth-order valence-electron chi connectivity index (χ4n) is 1.99. The summed E-state index contributed by atoms with van der Waals surface area (Å²) in [6.45, 7) is 0. The zero-order valence-electron chi connectivity index (χ0n) is 11.2. The van der Waals surface area contributed by atoms with E-state index < -0.39 is 9.84 Å². The second-order valence-corrected chi connectivity index (χ2v) is 7.54. The highest BCUT2D eigenvalue weighted by Gasteiger charge is 2.18. The smallest absolute Gasteiger partial charge is 0.201 e. The van der Waals surface area contributed by atoms with Crippen LogP contribution < -0.4 is 0 Å². The average Bonchev–Trinajstić information content (AvgIpc) is 2.49. The van der Waals surface area contributed by atoms with E-state index in [-0.39, 0.29) is 10.8 Å². The van der Waals surface area contributed by atoms with Crippen LogP contribution in [0.1, 0.15) is 5.56 Å². The highest BCUT2D eigenvalue weighted by molar-refractivity contribution is 7.90. The van der Waals surface area contributed by atoms with Gasteiger partial charge in [0.05, 0.1) is 23.0 Å². The van der Waals surface area contributed by atoms with Crippen LogP contribution in [0.2, 0.25) is 10.0 Å². The van der Waals surface area contributed by atoms with Crippen LogP contribution >= 0.6 is 23.2 Å². The lowest BCUT2D eigenvalue weighted by molar-refractivity contribution is 0.591. The van der Waals surface area contributed by atoms with Crippen LogP contribution in [0, 0.1) is 0 Å². The third-order valence-corrected chi connectivity index (χ3v) is 5.11. The summed E-state index contributed by atoms with van der Waals surface area (Å²) in [6, 6.07) is 11.6. The van der Waals surface area contributed by atoms with Gasteiger partial charge in [-0.1, -0.05) is 35.3 Å². The Balaban J connectivity index is 1.97. The van der Waals surface area contributed by atoms with Crippen molar-refractivity contribution in [2.45, 2.75) is 10.8 Å². The van der Waals surface area contributed by atoms with Crippen LogP contribution in [0.3, 0.4) is 0 Å². The maximum atomic E-state index is 12.4. The first-order valence-corrected chi connectivity index (χ1v) is 8.74. The summed E-state index contributed by atoms with van der Waals surface area (Å²) in [7, 11) is -3.58. The molecule has 4 nitrogen and oxygen atoms in total. The average molecular weight is 353 g/mol. The van der Waals surface area contributed by atoms with Gasteiger partial charge in [-0.15, -0.1) is 0 Å². The SMILES string of the molecule is O=S(=O)(Cc1ccc(Cl)cc1)c1cnc2cc(Cl)ccc2n1. The Morgan fingerprint density at radius 1 is 0.909 bits per heavy atom. The Hall–Kier alpha value is -1.69. The lowest BCUT2D eigenvalue weighted by Gasteiger charge is -2.05. The number of nitrogens with zero attached hydrogens (tertiary/aromatic N) is 2. The van der Waals surface area contributed by atoms with Crippen LogP contribution in [-0.2, 0) is 15.6 Å². The van der Waals surface area contributed by atoms with Gasteiger partial charge in [0.15, 0.2) is 5.03 Å². The molecule has 3 rings (SSSR count). The zero-order valence-corrected chi connectivity index (χ0v) is 13.5.